The van der Waals surface area contributed by atoms with Crippen LogP contribution in [-0.4, -0.2) is 30.6 Å². The largest absolute Gasteiger partial charge is 0.496 e. The number of aromatic carboxylic acids is 1. The first-order valence-electron chi connectivity index (χ1n) is 7.58. The van der Waals surface area contributed by atoms with Crippen LogP contribution in [0, 0.1) is 11.8 Å². The zero-order chi connectivity index (χ0) is 16.7. The number of hydrogen-bond acceptors (Lipinski definition) is 3. The number of rotatable bonds is 8. The second-order valence-corrected chi connectivity index (χ2v) is 5.55. The molecule has 0 saturated heterocycles. The van der Waals surface area contributed by atoms with Gasteiger partial charge in [-0.05, 0) is 30.0 Å². The second-order valence-electron chi connectivity index (χ2n) is 5.55. The number of methoxy groups -OCH3 is 1. The lowest BCUT2D eigenvalue weighted by atomic mass is 9.93. The Morgan fingerprint density at radius 1 is 1.32 bits per heavy atom. The van der Waals surface area contributed by atoms with Gasteiger partial charge in [0.05, 0.1) is 12.7 Å². The number of nitrogens with one attached hydrogen (secondary N) is 1. The van der Waals surface area contributed by atoms with E-state index < -0.39 is 5.97 Å². The number of ether oxygens (including phenoxy) is 1. The van der Waals surface area contributed by atoms with Crippen LogP contribution in [0.5, 0.6) is 5.75 Å². The van der Waals surface area contributed by atoms with Crippen LogP contribution in [0.1, 0.15) is 43.1 Å². The van der Waals surface area contributed by atoms with E-state index in [2.05, 4.69) is 19.2 Å². The number of amides is 1. The highest BCUT2D eigenvalue weighted by molar-refractivity contribution is 5.88. The quantitative estimate of drug-likeness (QED) is 0.774. The fourth-order valence-corrected chi connectivity index (χ4v) is 2.18. The molecule has 0 aromatic heterocycles. The van der Waals surface area contributed by atoms with E-state index in [1.807, 2.05) is 6.92 Å². The van der Waals surface area contributed by atoms with Crippen molar-refractivity contribution in [1.82, 2.24) is 5.32 Å². The minimum atomic E-state index is -0.986. The van der Waals surface area contributed by atoms with Crippen molar-refractivity contribution in [1.29, 1.82) is 0 Å². The first-order chi connectivity index (χ1) is 10.4. The van der Waals surface area contributed by atoms with Crippen molar-refractivity contribution in [3.8, 4) is 5.75 Å². The van der Waals surface area contributed by atoms with Crippen LogP contribution in [0.15, 0.2) is 18.2 Å². The summed E-state index contributed by atoms with van der Waals surface area (Å²) in [7, 11) is 1.51. The molecule has 0 fully saturated rings. The number of benzene rings is 1. The first kappa shape index (κ1) is 18.0. The molecule has 2 unspecified atom stereocenters. The van der Waals surface area contributed by atoms with Crippen LogP contribution in [-0.2, 0) is 11.2 Å². The molecule has 0 saturated carbocycles. The van der Waals surface area contributed by atoms with Gasteiger partial charge in [-0.1, -0.05) is 33.3 Å². The molecule has 0 heterocycles. The summed E-state index contributed by atoms with van der Waals surface area (Å²) in [4.78, 5) is 22.9. The van der Waals surface area contributed by atoms with Gasteiger partial charge in [-0.3, -0.25) is 4.79 Å². The van der Waals surface area contributed by atoms with E-state index >= 15 is 0 Å². The highest BCUT2D eigenvalue weighted by Crippen LogP contribution is 2.21. The zero-order valence-electron chi connectivity index (χ0n) is 13.7. The third-order valence-electron chi connectivity index (χ3n) is 4.14. The number of carbonyl (C=O) groups excluding carboxylic acids is 1. The van der Waals surface area contributed by atoms with E-state index in [0.717, 1.165) is 12.0 Å². The molecule has 5 nitrogen and oxygen atoms in total. The van der Waals surface area contributed by atoms with Crippen molar-refractivity contribution >= 4 is 11.9 Å². The van der Waals surface area contributed by atoms with Gasteiger partial charge in [0, 0.05) is 12.5 Å². The molecule has 1 aromatic rings. The Morgan fingerprint density at radius 2 is 2.00 bits per heavy atom. The van der Waals surface area contributed by atoms with Crippen LogP contribution < -0.4 is 10.1 Å². The summed E-state index contributed by atoms with van der Waals surface area (Å²) < 4.78 is 5.22. The molecule has 2 atom stereocenters. The molecule has 22 heavy (non-hydrogen) atoms. The van der Waals surface area contributed by atoms with Crippen LogP contribution in [0.2, 0.25) is 0 Å². The Balaban J connectivity index is 2.61. The molecule has 1 amide bonds. The normalized spacial score (nSPS) is 13.3. The maximum atomic E-state index is 12.0. The first-order valence-corrected chi connectivity index (χ1v) is 7.58. The smallest absolute Gasteiger partial charge is 0.335 e. The van der Waals surface area contributed by atoms with Gasteiger partial charge in [-0.25, -0.2) is 4.79 Å². The highest BCUT2D eigenvalue weighted by Gasteiger charge is 2.18. The van der Waals surface area contributed by atoms with Crippen molar-refractivity contribution in [2.75, 3.05) is 13.7 Å². The molecule has 0 aliphatic rings. The minimum Gasteiger partial charge on any atom is -0.496 e. The van der Waals surface area contributed by atoms with Gasteiger partial charge < -0.3 is 15.2 Å². The zero-order valence-corrected chi connectivity index (χ0v) is 13.7. The predicted octanol–water partition coefficient (Wildman–Crippen LogP) is 2.73. The summed E-state index contributed by atoms with van der Waals surface area (Å²) in [6, 6.07) is 4.78. The van der Waals surface area contributed by atoms with E-state index in [1.54, 1.807) is 12.1 Å². The monoisotopic (exact) mass is 307 g/mol. The van der Waals surface area contributed by atoms with Crippen LogP contribution in [0.3, 0.4) is 0 Å². The molecule has 5 heteroatoms. The topological polar surface area (TPSA) is 75.6 Å². The molecule has 0 bridgehead atoms. The molecule has 1 aromatic carbocycles. The second kappa shape index (κ2) is 8.41. The Labute approximate surface area is 131 Å². The molecule has 0 aliphatic heterocycles. The highest BCUT2D eigenvalue weighted by atomic mass is 16.5. The lowest BCUT2D eigenvalue weighted by Crippen LogP contribution is -2.33. The predicted molar refractivity (Wildman–Crippen MR) is 85.3 cm³/mol. The summed E-state index contributed by atoms with van der Waals surface area (Å²) in [6.07, 6.45) is 1.57. The molecule has 0 spiro atoms. The number of hydrogen-bond donors (Lipinski definition) is 2. The standard InChI is InChI=1S/C17H25NO4/c1-5-11(2)12(3)16(19)18-9-8-13-6-7-14(17(20)21)10-15(13)22-4/h6-7,10-12H,5,8-9H2,1-4H3,(H,18,19)(H,20,21). The third kappa shape index (κ3) is 4.76. The molecule has 122 valence electrons. The molecule has 2 N–H and O–H groups in total. The van der Waals surface area contributed by atoms with E-state index in [4.69, 9.17) is 9.84 Å². The van der Waals surface area contributed by atoms with Crippen molar-refractivity contribution in [3.05, 3.63) is 29.3 Å². The van der Waals surface area contributed by atoms with Crippen molar-refractivity contribution in [2.24, 2.45) is 11.8 Å². The van der Waals surface area contributed by atoms with E-state index in [9.17, 15) is 9.59 Å². The minimum absolute atomic E-state index is 0.0127. The number of carbonyl (C=O) groups is 2. The van der Waals surface area contributed by atoms with Crippen molar-refractivity contribution in [3.63, 3.8) is 0 Å². The van der Waals surface area contributed by atoms with Gasteiger partial charge in [-0.15, -0.1) is 0 Å². The Morgan fingerprint density at radius 3 is 2.55 bits per heavy atom. The van der Waals surface area contributed by atoms with Crippen LogP contribution >= 0.6 is 0 Å². The van der Waals surface area contributed by atoms with Gasteiger partial charge >= 0.3 is 5.97 Å². The van der Waals surface area contributed by atoms with E-state index in [-0.39, 0.29) is 17.4 Å². The summed E-state index contributed by atoms with van der Waals surface area (Å²) in [5.41, 5.74) is 1.07. The third-order valence-corrected chi connectivity index (χ3v) is 4.14. The SMILES string of the molecule is CCC(C)C(C)C(=O)NCCc1ccc(C(=O)O)cc1OC. The number of carboxylic acids is 1. The summed E-state index contributed by atoms with van der Waals surface area (Å²) in [5.74, 6) is -0.0641. The van der Waals surface area contributed by atoms with Gasteiger partial charge in [0.15, 0.2) is 0 Å². The number of carboxylic acid groups (broad SMARTS) is 1. The molecular weight excluding hydrogens is 282 g/mol. The molecule has 0 radical (unpaired) electrons. The van der Waals surface area contributed by atoms with E-state index in [1.165, 1.54) is 13.2 Å². The average Bonchev–Trinajstić information content (AvgIpc) is 2.53. The lowest BCUT2D eigenvalue weighted by Gasteiger charge is -2.18. The van der Waals surface area contributed by atoms with Crippen LogP contribution in [0.25, 0.3) is 0 Å². The average molecular weight is 307 g/mol. The van der Waals surface area contributed by atoms with Crippen molar-refractivity contribution in [2.45, 2.75) is 33.6 Å². The maximum Gasteiger partial charge on any atom is 0.335 e. The summed E-state index contributed by atoms with van der Waals surface area (Å²) >= 11 is 0. The van der Waals surface area contributed by atoms with Crippen LogP contribution in [0.4, 0.5) is 0 Å². The maximum absolute atomic E-state index is 12.0. The van der Waals surface area contributed by atoms with Crippen molar-refractivity contribution < 1.29 is 19.4 Å². The Bertz CT molecular complexity index is 527. The fraction of sp³-hybridized carbons (Fsp3) is 0.529. The van der Waals surface area contributed by atoms with E-state index in [0.29, 0.717) is 24.6 Å². The Hall–Kier alpha value is -2.04. The van der Waals surface area contributed by atoms with Gasteiger partial charge in [-0.2, -0.15) is 0 Å². The summed E-state index contributed by atoms with van der Waals surface area (Å²) in [5, 5.41) is 11.9. The molecule has 0 aliphatic carbocycles. The molecule has 1 rings (SSSR count). The Kier molecular flexibility index (Phi) is 6.89. The van der Waals surface area contributed by atoms with Gasteiger partial charge in [0.25, 0.3) is 0 Å². The summed E-state index contributed by atoms with van der Waals surface area (Å²) in [6.45, 7) is 6.58. The van der Waals surface area contributed by atoms with Gasteiger partial charge in [0.2, 0.25) is 5.91 Å². The fourth-order valence-electron chi connectivity index (χ4n) is 2.18. The molecular formula is C17H25NO4. The lowest BCUT2D eigenvalue weighted by molar-refractivity contribution is -0.125. The van der Waals surface area contributed by atoms with Gasteiger partial charge in [0.1, 0.15) is 5.75 Å².